The van der Waals surface area contributed by atoms with Crippen LogP contribution in [0.2, 0.25) is 0 Å². The number of carbonyl (C=O) groups is 2. The van der Waals surface area contributed by atoms with Crippen molar-refractivity contribution in [3.63, 3.8) is 0 Å². The average Bonchev–Trinajstić information content (AvgIpc) is 2.34. The molecule has 0 saturated carbocycles. The minimum Gasteiger partial charge on any atom is -0.478 e. The summed E-state index contributed by atoms with van der Waals surface area (Å²) in [5.41, 5.74) is 0.511. The molecule has 0 saturated heterocycles. The van der Waals surface area contributed by atoms with E-state index in [0.29, 0.717) is 6.54 Å². The maximum atomic E-state index is 12.8. The molecule has 1 aromatic carbocycles. The molecular formula is C14H16FNO3. The third-order valence-electron chi connectivity index (χ3n) is 2.71. The Morgan fingerprint density at radius 1 is 1.26 bits per heavy atom. The van der Waals surface area contributed by atoms with Gasteiger partial charge >= 0.3 is 5.97 Å². The van der Waals surface area contributed by atoms with Crippen LogP contribution >= 0.6 is 0 Å². The summed E-state index contributed by atoms with van der Waals surface area (Å²) in [5.74, 6) is -1.96. The van der Waals surface area contributed by atoms with Crippen LogP contribution in [0.5, 0.6) is 0 Å². The lowest BCUT2D eigenvalue weighted by Crippen LogP contribution is -2.35. The average molecular weight is 265 g/mol. The van der Waals surface area contributed by atoms with Crippen LogP contribution in [0, 0.1) is 5.82 Å². The summed E-state index contributed by atoms with van der Waals surface area (Å²) < 4.78 is 12.8. The third-order valence-corrected chi connectivity index (χ3v) is 2.71. The summed E-state index contributed by atoms with van der Waals surface area (Å²) in [4.78, 5) is 21.6. The Kier molecular flexibility index (Phi) is 4.80. The Labute approximate surface area is 110 Å². The fraction of sp³-hybridized carbons (Fsp3) is 0.286. The van der Waals surface area contributed by atoms with Gasteiger partial charge in [0.25, 0.3) is 0 Å². The van der Waals surface area contributed by atoms with E-state index in [1.807, 2.05) is 13.8 Å². The van der Waals surface area contributed by atoms with Crippen molar-refractivity contribution in [3.05, 3.63) is 47.8 Å². The summed E-state index contributed by atoms with van der Waals surface area (Å²) in [6.45, 7) is 4.13. The second-order valence-corrected chi connectivity index (χ2v) is 4.78. The molecule has 102 valence electrons. The molecule has 0 bridgehead atoms. The molecular weight excluding hydrogens is 249 g/mol. The number of hydrogen-bond acceptors (Lipinski definition) is 2. The van der Waals surface area contributed by atoms with Crippen molar-refractivity contribution in [1.82, 2.24) is 5.32 Å². The number of halogens is 1. The molecule has 1 aromatic rings. The van der Waals surface area contributed by atoms with E-state index in [2.05, 4.69) is 5.32 Å². The van der Waals surface area contributed by atoms with Crippen molar-refractivity contribution in [2.24, 2.45) is 0 Å². The van der Waals surface area contributed by atoms with E-state index in [4.69, 9.17) is 5.11 Å². The lowest BCUT2D eigenvalue weighted by atomic mass is 9.84. The van der Waals surface area contributed by atoms with E-state index in [0.717, 1.165) is 17.7 Å². The number of nitrogens with one attached hydrogen (secondary N) is 1. The Balaban J connectivity index is 2.62. The molecule has 0 atom stereocenters. The molecule has 4 nitrogen and oxygen atoms in total. The van der Waals surface area contributed by atoms with Gasteiger partial charge in [0.2, 0.25) is 5.91 Å². The second-order valence-electron chi connectivity index (χ2n) is 4.78. The van der Waals surface area contributed by atoms with Gasteiger partial charge in [0.1, 0.15) is 5.82 Å². The highest BCUT2D eigenvalue weighted by molar-refractivity contribution is 5.93. The lowest BCUT2D eigenvalue weighted by Gasteiger charge is -2.25. The van der Waals surface area contributed by atoms with Crippen LogP contribution < -0.4 is 5.32 Å². The quantitative estimate of drug-likeness (QED) is 0.799. The van der Waals surface area contributed by atoms with Crippen molar-refractivity contribution < 1.29 is 19.1 Å². The van der Waals surface area contributed by atoms with E-state index in [1.54, 1.807) is 12.1 Å². The lowest BCUT2D eigenvalue weighted by molar-refractivity contribution is -0.131. The minimum atomic E-state index is -1.17. The molecule has 0 aliphatic rings. The normalized spacial score (nSPS) is 11.5. The van der Waals surface area contributed by atoms with Gasteiger partial charge in [0.15, 0.2) is 0 Å². The number of carboxylic acids is 1. The van der Waals surface area contributed by atoms with Crippen LogP contribution in [0.25, 0.3) is 0 Å². The summed E-state index contributed by atoms with van der Waals surface area (Å²) in [6.07, 6.45) is 1.74. The van der Waals surface area contributed by atoms with Crippen LogP contribution in [0.4, 0.5) is 4.39 Å². The van der Waals surface area contributed by atoms with Crippen molar-refractivity contribution >= 4 is 11.9 Å². The summed E-state index contributed by atoms with van der Waals surface area (Å²) in [6, 6.07) is 6.05. The second kappa shape index (κ2) is 6.13. The molecule has 0 heterocycles. The Morgan fingerprint density at radius 2 is 1.84 bits per heavy atom. The minimum absolute atomic E-state index is 0.312. The Hall–Kier alpha value is -2.17. The maximum absolute atomic E-state index is 12.8. The fourth-order valence-electron chi connectivity index (χ4n) is 1.52. The predicted molar refractivity (Wildman–Crippen MR) is 69.2 cm³/mol. The van der Waals surface area contributed by atoms with Gasteiger partial charge in [-0.25, -0.2) is 9.18 Å². The van der Waals surface area contributed by atoms with Gasteiger partial charge in [-0.05, 0) is 17.7 Å². The van der Waals surface area contributed by atoms with E-state index >= 15 is 0 Å². The molecule has 0 radical (unpaired) electrons. The number of hydrogen-bond donors (Lipinski definition) is 2. The van der Waals surface area contributed by atoms with E-state index in [9.17, 15) is 14.0 Å². The molecule has 0 unspecified atom stereocenters. The molecule has 0 fully saturated rings. The highest BCUT2D eigenvalue weighted by atomic mass is 19.1. The largest absolute Gasteiger partial charge is 0.478 e. The monoisotopic (exact) mass is 265 g/mol. The topological polar surface area (TPSA) is 66.4 Å². The van der Waals surface area contributed by atoms with E-state index in [-0.39, 0.29) is 11.2 Å². The van der Waals surface area contributed by atoms with Crippen LogP contribution in [0.1, 0.15) is 19.4 Å². The molecule has 0 aliphatic heterocycles. The predicted octanol–water partition coefficient (Wildman–Crippen LogP) is 1.86. The molecule has 19 heavy (non-hydrogen) atoms. The first-order valence-corrected chi connectivity index (χ1v) is 5.76. The fourth-order valence-corrected chi connectivity index (χ4v) is 1.52. The number of aliphatic carboxylic acids is 1. The maximum Gasteiger partial charge on any atom is 0.328 e. The smallest absolute Gasteiger partial charge is 0.328 e. The third kappa shape index (κ3) is 4.91. The molecule has 0 aliphatic carbocycles. The van der Waals surface area contributed by atoms with E-state index < -0.39 is 11.9 Å². The number of benzene rings is 1. The number of rotatable bonds is 5. The SMILES string of the molecule is CC(C)(CNC(=O)/C=C/C(=O)O)c1ccc(F)cc1. The van der Waals surface area contributed by atoms with Gasteiger partial charge in [0, 0.05) is 24.1 Å². The molecule has 2 N–H and O–H groups in total. The summed E-state index contributed by atoms with van der Waals surface area (Å²) in [5, 5.41) is 11.0. The summed E-state index contributed by atoms with van der Waals surface area (Å²) >= 11 is 0. The van der Waals surface area contributed by atoms with E-state index in [1.165, 1.54) is 12.1 Å². The van der Waals surface area contributed by atoms with Gasteiger partial charge in [-0.3, -0.25) is 4.79 Å². The molecule has 0 spiro atoms. The van der Waals surface area contributed by atoms with Crippen molar-refractivity contribution in [2.75, 3.05) is 6.54 Å². The molecule has 5 heteroatoms. The van der Waals surface area contributed by atoms with Gasteiger partial charge in [-0.2, -0.15) is 0 Å². The van der Waals surface area contributed by atoms with Crippen LogP contribution in [0.3, 0.4) is 0 Å². The van der Waals surface area contributed by atoms with Gasteiger partial charge < -0.3 is 10.4 Å². The standard InChI is InChI=1S/C14H16FNO3/c1-14(2,10-3-5-11(15)6-4-10)9-16-12(17)7-8-13(18)19/h3-8H,9H2,1-2H3,(H,16,17)(H,18,19)/b8-7+. The highest BCUT2D eigenvalue weighted by Crippen LogP contribution is 2.22. The first-order valence-electron chi connectivity index (χ1n) is 5.76. The number of carbonyl (C=O) groups excluding carboxylic acids is 1. The molecule has 1 amide bonds. The van der Waals surface area contributed by atoms with Crippen molar-refractivity contribution in [2.45, 2.75) is 19.3 Å². The number of carboxylic acid groups (broad SMARTS) is 1. The first-order chi connectivity index (χ1) is 8.81. The van der Waals surface area contributed by atoms with Gasteiger partial charge in [-0.15, -0.1) is 0 Å². The zero-order chi connectivity index (χ0) is 14.5. The zero-order valence-corrected chi connectivity index (χ0v) is 10.8. The van der Waals surface area contributed by atoms with Crippen molar-refractivity contribution in [1.29, 1.82) is 0 Å². The Morgan fingerprint density at radius 3 is 2.37 bits per heavy atom. The van der Waals surface area contributed by atoms with Crippen LogP contribution in [-0.4, -0.2) is 23.5 Å². The Bertz CT molecular complexity index is 492. The van der Waals surface area contributed by atoms with Gasteiger partial charge in [0.05, 0.1) is 0 Å². The van der Waals surface area contributed by atoms with Crippen molar-refractivity contribution in [3.8, 4) is 0 Å². The summed E-state index contributed by atoms with van der Waals surface area (Å²) in [7, 11) is 0. The van der Waals surface area contributed by atoms with Crippen LogP contribution in [-0.2, 0) is 15.0 Å². The van der Waals surface area contributed by atoms with Gasteiger partial charge in [-0.1, -0.05) is 26.0 Å². The first kappa shape index (κ1) is 14.9. The van der Waals surface area contributed by atoms with Crippen LogP contribution in [0.15, 0.2) is 36.4 Å². The number of amides is 1. The molecule has 1 rings (SSSR count). The highest BCUT2D eigenvalue weighted by Gasteiger charge is 2.20. The zero-order valence-electron chi connectivity index (χ0n) is 10.8. The molecule has 0 aromatic heterocycles.